The first-order valence-electron chi connectivity index (χ1n) is 7.24. The van der Waals surface area contributed by atoms with E-state index in [0.29, 0.717) is 18.8 Å². The summed E-state index contributed by atoms with van der Waals surface area (Å²) in [5, 5.41) is 2.73. The number of aryl methyl sites for hydroxylation is 1. The molecule has 0 atom stereocenters. The molecule has 1 heterocycles. The first-order chi connectivity index (χ1) is 9.99. The lowest BCUT2D eigenvalue weighted by Crippen LogP contribution is -2.42. The normalized spacial score (nSPS) is 10.2. The Hall–Kier alpha value is -2.11. The summed E-state index contributed by atoms with van der Waals surface area (Å²) in [5.74, 6) is -0.619. The maximum Gasteiger partial charge on any atom is 0.259 e. The van der Waals surface area contributed by atoms with E-state index in [1.807, 2.05) is 13.8 Å². The van der Waals surface area contributed by atoms with Crippen LogP contribution in [0, 0.1) is 6.92 Å². The highest BCUT2D eigenvalue weighted by molar-refractivity contribution is 5.96. The van der Waals surface area contributed by atoms with E-state index >= 15 is 0 Å². The van der Waals surface area contributed by atoms with E-state index in [1.54, 1.807) is 6.92 Å². The number of hydrogen-bond acceptors (Lipinski definition) is 3. The molecule has 1 aromatic heterocycles. The van der Waals surface area contributed by atoms with Crippen LogP contribution in [0.25, 0.3) is 0 Å². The maximum atomic E-state index is 12.4. The van der Waals surface area contributed by atoms with Gasteiger partial charge in [-0.15, -0.1) is 0 Å². The average Bonchev–Trinajstić information content (AvgIpc) is 2.44. The molecule has 6 nitrogen and oxygen atoms in total. The van der Waals surface area contributed by atoms with Gasteiger partial charge in [0, 0.05) is 31.0 Å². The maximum absolute atomic E-state index is 12.4. The van der Waals surface area contributed by atoms with Crippen LogP contribution in [0.4, 0.5) is 0 Å². The minimum absolute atomic E-state index is 0.0278. The number of hydrogen-bond donors (Lipinski definition) is 2. The highest BCUT2D eigenvalue weighted by atomic mass is 16.2. The molecular formula is C15H23N3O3. The second kappa shape index (κ2) is 8.24. The molecule has 0 aliphatic rings. The molecule has 0 radical (unpaired) electrons. The van der Waals surface area contributed by atoms with E-state index in [4.69, 9.17) is 0 Å². The number of aromatic amines is 1. The topological polar surface area (TPSA) is 82.3 Å². The number of H-pyrrole nitrogens is 1. The quantitative estimate of drug-likeness (QED) is 0.788. The van der Waals surface area contributed by atoms with Gasteiger partial charge in [-0.05, 0) is 19.8 Å². The molecule has 1 rings (SSSR count). The van der Waals surface area contributed by atoms with Crippen LogP contribution in [0.3, 0.4) is 0 Å². The minimum Gasteiger partial charge on any atom is -0.364 e. The molecule has 0 aliphatic carbocycles. The Morgan fingerprint density at radius 2 is 2.00 bits per heavy atom. The fourth-order valence-electron chi connectivity index (χ4n) is 1.93. The van der Waals surface area contributed by atoms with Crippen LogP contribution in [-0.4, -0.2) is 41.3 Å². The number of nitrogens with zero attached hydrogens (tertiary/aromatic N) is 1. The number of carbonyl (C=O) groups is 2. The van der Waals surface area contributed by atoms with Crippen LogP contribution in [0.5, 0.6) is 0 Å². The Labute approximate surface area is 124 Å². The van der Waals surface area contributed by atoms with E-state index < -0.39 is 5.91 Å². The molecule has 0 unspecified atom stereocenters. The minimum atomic E-state index is -0.412. The van der Waals surface area contributed by atoms with Crippen LogP contribution in [-0.2, 0) is 4.79 Å². The van der Waals surface area contributed by atoms with Crippen molar-refractivity contribution < 1.29 is 9.59 Å². The molecular weight excluding hydrogens is 270 g/mol. The van der Waals surface area contributed by atoms with Crippen molar-refractivity contribution in [2.45, 2.75) is 33.6 Å². The van der Waals surface area contributed by atoms with Crippen LogP contribution in [0.2, 0.25) is 0 Å². The fraction of sp³-hybridized carbons (Fsp3) is 0.533. The predicted octanol–water partition coefficient (Wildman–Crippen LogP) is 1.06. The van der Waals surface area contributed by atoms with Crippen molar-refractivity contribution in [3.8, 4) is 0 Å². The fourth-order valence-corrected chi connectivity index (χ4v) is 1.93. The summed E-state index contributed by atoms with van der Waals surface area (Å²) in [4.78, 5) is 40.3. The van der Waals surface area contributed by atoms with E-state index in [-0.39, 0.29) is 23.4 Å². The zero-order chi connectivity index (χ0) is 15.8. The summed E-state index contributed by atoms with van der Waals surface area (Å²) < 4.78 is 0. The highest BCUT2D eigenvalue weighted by Gasteiger charge is 2.20. The number of carbonyl (C=O) groups excluding carboxylic acids is 2. The van der Waals surface area contributed by atoms with Gasteiger partial charge in [-0.25, -0.2) is 0 Å². The van der Waals surface area contributed by atoms with Crippen LogP contribution in [0.15, 0.2) is 17.1 Å². The lowest BCUT2D eigenvalue weighted by atomic mass is 10.2. The smallest absolute Gasteiger partial charge is 0.259 e. The largest absolute Gasteiger partial charge is 0.364 e. The Morgan fingerprint density at radius 1 is 1.29 bits per heavy atom. The molecule has 0 spiro atoms. The first-order valence-corrected chi connectivity index (χ1v) is 7.24. The summed E-state index contributed by atoms with van der Waals surface area (Å²) in [5.41, 5.74) is 0.433. The second-order valence-electron chi connectivity index (χ2n) is 4.97. The second-order valence-corrected chi connectivity index (χ2v) is 4.97. The Bertz CT molecular complexity index is 551. The van der Waals surface area contributed by atoms with Gasteiger partial charge >= 0.3 is 0 Å². The number of pyridine rings is 1. The molecule has 2 N–H and O–H groups in total. The monoisotopic (exact) mass is 293 g/mol. The zero-order valence-electron chi connectivity index (χ0n) is 12.9. The number of nitrogens with one attached hydrogen (secondary N) is 2. The van der Waals surface area contributed by atoms with Gasteiger partial charge < -0.3 is 15.2 Å². The van der Waals surface area contributed by atoms with E-state index in [9.17, 15) is 14.4 Å². The third-order valence-corrected chi connectivity index (χ3v) is 2.98. The molecule has 0 saturated heterocycles. The lowest BCUT2D eigenvalue weighted by molar-refractivity contribution is -0.121. The van der Waals surface area contributed by atoms with Gasteiger partial charge in [0.1, 0.15) is 5.56 Å². The molecule has 2 amide bonds. The summed E-state index contributed by atoms with van der Waals surface area (Å²) in [7, 11) is 0. The predicted molar refractivity (Wildman–Crippen MR) is 81.3 cm³/mol. The number of rotatable bonds is 7. The van der Waals surface area contributed by atoms with E-state index in [1.165, 1.54) is 17.2 Å². The Morgan fingerprint density at radius 3 is 2.57 bits per heavy atom. The molecule has 0 aliphatic heterocycles. The molecule has 116 valence electrons. The van der Waals surface area contributed by atoms with Gasteiger partial charge in [-0.2, -0.15) is 0 Å². The van der Waals surface area contributed by atoms with Gasteiger partial charge in [0.25, 0.3) is 5.91 Å². The van der Waals surface area contributed by atoms with Crippen molar-refractivity contribution in [2.24, 2.45) is 0 Å². The lowest BCUT2D eigenvalue weighted by Gasteiger charge is -2.21. The summed E-state index contributed by atoms with van der Waals surface area (Å²) in [6.07, 6.45) is 2.97. The van der Waals surface area contributed by atoms with Gasteiger partial charge in [-0.1, -0.05) is 13.8 Å². The van der Waals surface area contributed by atoms with Gasteiger partial charge in [0.15, 0.2) is 5.43 Å². The number of aromatic nitrogens is 1. The van der Waals surface area contributed by atoms with Crippen LogP contribution >= 0.6 is 0 Å². The van der Waals surface area contributed by atoms with Crippen molar-refractivity contribution in [2.75, 3.05) is 19.6 Å². The van der Waals surface area contributed by atoms with E-state index in [0.717, 1.165) is 12.8 Å². The van der Waals surface area contributed by atoms with Crippen LogP contribution in [0.1, 0.15) is 42.7 Å². The summed E-state index contributed by atoms with van der Waals surface area (Å²) in [6.45, 7) is 6.62. The molecule has 6 heteroatoms. The molecule has 0 saturated carbocycles. The van der Waals surface area contributed by atoms with Crippen molar-refractivity contribution in [1.82, 2.24) is 15.2 Å². The molecule has 21 heavy (non-hydrogen) atoms. The third kappa shape index (κ3) is 5.06. The number of amides is 2. The zero-order valence-corrected chi connectivity index (χ0v) is 12.9. The first kappa shape index (κ1) is 16.9. The average molecular weight is 293 g/mol. The SMILES string of the molecule is CCCNC(=O)CN(CCC)C(=O)c1c[nH]c(C)cc1=O. The summed E-state index contributed by atoms with van der Waals surface area (Å²) in [6, 6.07) is 1.38. The Balaban J connectivity index is 2.86. The van der Waals surface area contributed by atoms with Gasteiger partial charge in [0.2, 0.25) is 5.91 Å². The van der Waals surface area contributed by atoms with Crippen molar-refractivity contribution >= 4 is 11.8 Å². The van der Waals surface area contributed by atoms with Gasteiger partial charge in [0.05, 0.1) is 6.54 Å². The van der Waals surface area contributed by atoms with Gasteiger partial charge in [-0.3, -0.25) is 14.4 Å². The molecule has 1 aromatic rings. The summed E-state index contributed by atoms with van der Waals surface area (Å²) >= 11 is 0. The Kier molecular flexibility index (Phi) is 6.65. The molecule has 0 fully saturated rings. The molecule has 0 bridgehead atoms. The van der Waals surface area contributed by atoms with Crippen LogP contribution < -0.4 is 10.7 Å². The van der Waals surface area contributed by atoms with Crippen molar-refractivity contribution in [3.63, 3.8) is 0 Å². The van der Waals surface area contributed by atoms with E-state index in [2.05, 4.69) is 10.3 Å². The van der Waals surface area contributed by atoms with Crippen molar-refractivity contribution in [3.05, 3.63) is 33.7 Å². The molecule has 0 aromatic carbocycles. The highest BCUT2D eigenvalue weighted by Crippen LogP contribution is 2.01. The standard InChI is InChI=1S/C15H23N3O3/c1-4-6-16-14(20)10-18(7-5-2)15(21)12-9-17-11(3)8-13(12)19/h8-9H,4-7,10H2,1-3H3,(H,16,20)(H,17,19). The van der Waals surface area contributed by atoms with Crippen molar-refractivity contribution in [1.29, 1.82) is 0 Å². The third-order valence-electron chi connectivity index (χ3n) is 2.98.